The summed E-state index contributed by atoms with van der Waals surface area (Å²) < 4.78 is 12.7. The lowest BCUT2D eigenvalue weighted by Gasteiger charge is -2.25. The molecule has 0 saturated heterocycles. The van der Waals surface area contributed by atoms with Crippen molar-refractivity contribution in [3.8, 4) is 45.3 Å². The zero-order chi connectivity index (χ0) is 31.2. The van der Waals surface area contributed by atoms with E-state index in [1.807, 2.05) is 65.8 Å². The van der Waals surface area contributed by atoms with Gasteiger partial charge in [-0.3, -0.25) is 9.59 Å². The van der Waals surface area contributed by atoms with E-state index >= 15 is 0 Å². The molecule has 226 valence electrons. The molecule has 0 bridgehead atoms. The molecule has 0 heterocycles. The zero-order valence-electron chi connectivity index (χ0n) is 26.4. The van der Waals surface area contributed by atoms with Crippen molar-refractivity contribution in [2.75, 3.05) is 13.2 Å². The van der Waals surface area contributed by atoms with Crippen LogP contribution in [0.3, 0.4) is 0 Å². The van der Waals surface area contributed by atoms with E-state index in [1.54, 1.807) is 12.1 Å². The van der Waals surface area contributed by atoms with E-state index in [0.717, 1.165) is 47.9 Å². The van der Waals surface area contributed by atoms with Crippen molar-refractivity contribution in [1.82, 2.24) is 0 Å². The number of benzene rings is 3. The van der Waals surface area contributed by atoms with E-state index in [2.05, 4.69) is 13.8 Å². The third kappa shape index (κ3) is 7.33. The monoisotopic (exact) mass is 574 g/mol. The van der Waals surface area contributed by atoms with Gasteiger partial charge in [-0.25, -0.2) is 0 Å². The van der Waals surface area contributed by atoms with Gasteiger partial charge in [0.2, 0.25) is 0 Å². The fraction of sp³-hybridized carbons (Fsp3) is 0.444. The molecule has 0 aliphatic heterocycles. The summed E-state index contributed by atoms with van der Waals surface area (Å²) in [5, 5.41) is 21.7. The molecule has 0 spiro atoms. The molecule has 0 radical (unpaired) electrons. The summed E-state index contributed by atoms with van der Waals surface area (Å²) in [6, 6.07) is 11.0. The van der Waals surface area contributed by atoms with E-state index in [-0.39, 0.29) is 22.6 Å². The average molecular weight is 575 g/mol. The standard InChI is InChI=1S/C36H46O6/c1-9-11-13-41-31-19-28(24-16-26(22-38)34(40)30(18-24)36(6,7)8)32(42-14-12-10-2)20-27(31)23-15-25(21-37)33(39)29(17-23)35(3,4)5/h15-22,39-40H,9-14H2,1-8H3. The Labute approximate surface area is 250 Å². The Kier molecular flexibility index (Phi) is 10.5. The smallest absolute Gasteiger partial charge is 0.153 e. The molecule has 0 aliphatic rings. The Hall–Kier alpha value is -3.80. The number of hydrogen-bond acceptors (Lipinski definition) is 6. The first kappa shape index (κ1) is 32.7. The highest BCUT2D eigenvalue weighted by Gasteiger charge is 2.26. The minimum Gasteiger partial charge on any atom is -0.507 e. The normalized spacial score (nSPS) is 11.8. The molecule has 0 amide bonds. The fourth-order valence-corrected chi connectivity index (χ4v) is 4.85. The van der Waals surface area contributed by atoms with Gasteiger partial charge in [-0.2, -0.15) is 0 Å². The fourth-order valence-electron chi connectivity index (χ4n) is 4.85. The van der Waals surface area contributed by atoms with Crippen LogP contribution in [0.2, 0.25) is 0 Å². The predicted octanol–water partition coefficient (Wildman–Crippen LogP) is 9.01. The third-order valence-electron chi connectivity index (χ3n) is 7.36. The number of phenols is 2. The largest absolute Gasteiger partial charge is 0.507 e. The van der Waals surface area contributed by atoms with Crippen LogP contribution in [0.4, 0.5) is 0 Å². The van der Waals surface area contributed by atoms with Crippen LogP contribution in [0.15, 0.2) is 36.4 Å². The lowest BCUT2D eigenvalue weighted by Crippen LogP contribution is -2.13. The molecule has 6 heteroatoms. The summed E-state index contributed by atoms with van der Waals surface area (Å²) in [5.41, 5.74) is 3.83. The number of phenolic OH excluding ortho intramolecular Hbond substituents is 2. The van der Waals surface area contributed by atoms with E-state index in [0.29, 0.717) is 48.4 Å². The van der Waals surface area contributed by atoms with E-state index < -0.39 is 10.8 Å². The Morgan fingerprint density at radius 3 is 1.26 bits per heavy atom. The summed E-state index contributed by atoms with van der Waals surface area (Å²) in [4.78, 5) is 24.0. The van der Waals surface area contributed by atoms with Crippen LogP contribution in [0.5, 0.6) is 23.0 Å². The maximum Gasteiger partial charge on any atom is 0.153 e. The summed E-state index contributed by atoms with van der Waals surface area (Å²) in [6.45, 7) is 17.1. The van der Waals surface area contributed by atoms with Gasteiger partial charge in [-0.05, 0) is 71.2 Å². The maximum atomic E-state index is 12.0. The van der Waals surface area contributed by atoms with Crippen molar-refractivity contribution in [3.63, 3.8) is 0 Å². The van der Waals surface area contributed by atoms with E-state index in [9.17, 15) is 19.8 Å². The van der Waals surface area contributed by atoms with Crippen molar-refractivity contribution >= 4 is 12.6 Å². The minimum absolute atomic E-state index is 0.0223. The lowest BCUT2D eigenvalue weighted by atomic mass is 9.82. The molecule has 3 aromatic carbocycles. The Bertz CT molecular complexity index is 1310. The molecule has 0 unspecified atom stereocenters. The summed E-state index contributed by atoms with van der Waals surface area (Å²) in [5.74, 6) is 1.15. The van der Waals surface area contributed by atoms with Crippen LogP contribution >= 0.6 is 0 Å². The minimum atomic E-state index is -0.415. The van der Waals surface area contributed by atoms with Gasteiger partial charge in [0.25, 0.3) is 0 Å². The highest BCUT2D eigenvalue weighted by atomic mass is 16.5. The van der Waals surface area contributed by atoms with E-state index in [1.165, 1.54) is 0 Å². The van der Waals surface area contributed by atoms with Gasteiger partial charge in [0.05, 0.1) is 24.3 Å². The summed E-state index contributed by atoms with van der Waals surface area (Å²) in [6.07, 6.45) is 4.97. The molecule has 0 atom stereocenters. The number of aromatic hydroxyl groups is 2. The molecule has 0 aromatic heterocycles. The number of hydrogen-bond donors (Lipinski definition) is 2. The summed E-state index contributed by atoms with van der Waals surface area (Å²) in [7, 11) is 0. The number of carbonyl (C=O) groups is 2. The molecule has 0 aliphatic carbocycles. The van der Waals surface area contributed by atoms with Gasteiger partial charge in [0, 0.05) is 22.3 Å². The molecular formula is C36H46O6. The number of ether oxygens (including phenoxy) is 2. The second-order valence-corrected chi connectivity index (χ2v) is 12.9. The number of aldehydes is 2. The van der Waals surface area contributed by atoms with Crippen molar-refractivity contribution in [1.29, 1.82) is 0 Å². The van der Waals surface area contributed by atoms with Gasteiger partial charge in [-0.15, -0.1) is 0 Å². The van der Waals surface area contributed by atoms with Crippen molar-refractivity contribution in [2.24, 2.45) is 0 Å². The van der Waals surface area contributed by atoms with Gasteiger partial charge < -0.3 is 19.7 Å². The highest BCUT2D eigenvalue weighted by molar-refractivity contribution is 5.89. The van der Waals surface area contributed by atoms with E-state index in [4.69, 9.17) is 9.47 Å². The van der Waals surface area contributed by atoms with Crippen LogP contribution in [0, 0.1) is 0 Å². The molecule has 0 fully saturated rings. The number of carbonyl (C=O) groups excluding carboxylic acids is 2. The third-order valence-corrected chi connectivity index (χ3v) is 7.36. The predicted molar refractivity (Wildman–Crippen MR) is 170 cm³/mol. The first-order chi connectivity index (χ1) is 19.8. The Morgan fingerprint density at radius 1 is 0.619 bits per heavy atom. The van der Waals surface area contributed by atoms with Crippen molar-refractivity contribution < 1.29 is 29.3 Å². The number of unbranched alkanes of at least 4 members (excludes halogenated alkanes) is 2. The molecule has 3 rings (SSSR count). The molecule has 3 aromatic rings. The Balaban J connectivity index is 2.40. The van der Waals surface area contributed by atoms with Crippen molar-refractivity contribution in [3.05, 3.63) is 58.7 Å². The van der Waals surface area contributed by atoms with Crippen molar-refractivity contribution in [2.45, 2.75) is 91.9 Å². The second-order valence-electron chi connectivity index (χ2n) is 12.9. The average Bonchev–Trinajstić information content (AvgIpc) is 2.92. The number of rotatable bonds is 12. The van der Waals surface area contributed by atoms with Gasteiger partial charge in [-0.1, -0.05) is 68.2 Å². The van der Waals surface area contributed by atoms with Crippen LogP contribution in [-0.2, 0) is 10.8 Å². The summed E-state index contributed by atoms with van der Waals surface area (Å²) >= 11 is 0. The quantitative estimate of drug-likeness (QED) is 0.166. The van der Waals surface area contributed by atoms with Gasteiger partial charge >= 0.3 is 0 Å². The molecule has 6 nitrogen and oxygen atoms in total. The van der Waals surface area contributed by atoms with Crippen LogP contribution in [0.1, 0.15) is 113 Å². The van der Waals surface area contributed by atoms with Crippen LogP contribution < -0.4 is 9.47 Å². The first-order valence-electron chi connectivity index (χ1n) is 14.9. The highest BCUT2D eigenvalue weighted by Crippen LogP contribution is 2.46. The lowest BCUT2D eigenvalue weighted by molar-refractivity contribution is 0.111. The molecular weight excluding hydrogens is 528 g/mol. The SMILES string of the molecule is CCCCOc1cc(-c2cc(C=O)c(O)c(C(C)(C)C)c2)c(OCCCC)cc1-c1cc(C=O)c(O)c(C(C)(C)C)c1. The molecule has 42 heavy (non-hydrogen) atoms. The van der Waals surface area contributed by atoms with Gasteiger partial charge in [0.1, 0.15) is 23.0 Å². The molecule has 0 saturated carbocycles. The van der Waals surface area contributed by atoms with Crippen LogP contribution in [0.25, 0.3) is 22.3 Å². The maximum absolute atomic E-state index is 12.0. The second kappa shape index (κ2) is 13.5. The first-order valence-corrected chi connectivity index (χ1v) is 14.9. The zero-order valence-corrected chi connectivity index (χ0v) is 26.4. The molecule has 2 N–H and O–H groups in total. The van der Waals surface area contributed by atoms with Crippen LogP contribution in [-0.4, -0.2) is 36.0 Å². The topological polar surface area (TPSA) is 93.1 Å². The van der Waals surface area contributed by atoms with Gasteiger partial charge in [0.15, 0.2) is 12.6 Å². The Morgan fingerprint density at radius 2 is 0.976 bits per heavy atom.